The number of hydrogen-bond donors (Lipinski definition) is 1. The summed E-state index contributed by atoms with van der Waals surface area (Å²) in [6.45, 7) is 0. The van der Waals surface area contributed by atoms with Crippen LogP contribution in [0, 0.1) is 0 Å². The molecule has 0 aliphatic heterocycles. The predicted molar refractivity (Wildman–Crippen MR) is 57.0 cm³/mol. The summed E-state index contributed by atoms with van der Waals surface area (Å²) in [6.07, 6.45) is 0.615. The lowest BCUT2D eigenvalue weighted by atomic mass is 9.94. The van der Waals surface area contributed by atoms with Gasteiger partial charge in [0, 0.05) is 11.3 Å². The second-order valence-electron chi connectivity index (χ2n) is 3.57. The maximum atomic E-state index is 13.1. The lowest BCUT2D eigenvalue weighted by Crippen LogP contribution is -2.15. The molecule has 0 amide bonds. The molecule has 3 nitrogen and oxygen atoms in total. The van der Waals surface area contributed by atoms with Crippen molar-refractivity contribution in [3.8, 4) is 0 Å². The van der Waals surface area contributed by atoms with Crippen LogP contribution in [-0.4, -0.2) is 19.3 Å². The van der Waals surface area contributed by atoms with E-state index in [9.17, 15) is 9.18 Å². The van der Waals surface area contributed by atoms with Gasteiger partial charge in [0.2, 0.25) is 0 Å². The Morgan fingerprint density at radius 2 is 2.40 bits per heavy atom. The predicted octanol–water partition coefficient (Wildman–Crippen LogP) is 1.94. The highest BCUT2D eigenvalue weighted by molar-refractivity contribution is 7.16. The zero-order valence-corrected chi connectivity index (χ0v) is 9.20. The third-order valence-corrected chi connectivity index (χ3v) is 3.71. The smallest absolute Gasteiger partial charge is 0.341 e. The molecule has 15 heavy (non-hydrogen) atoms. The first-order valence-electron chi connectivity index (χ1n) is 4.76. The summed E-state index contributed by atoms with van der Waals surface area (Å²) in [5.74, 6) is -0.415. The van der Waals surface area contributed by atoms with Gasteiger partial charge in [-0.1, -0.05) is 0 Å². The van der Waals surface area contributed by atoms with Gasteiger partial charge in [-0.2, -0.15) is 0 Å². The fourth-order valence-corrected chi connectivity index (χ4v) is 3.06. The average Bonchev–Trinajstić information content (AvgIpc) is 2.52. The first-order chi connectivity index (χ1) is 7.13. The van der Waals surface area contributed by atoms with Crippen molar-refractivity contribution >= 4 is 22.3 Å². The number of nitrogen functional groups attached to an aromatic ring is 1. The van der Waals surface area contributed by atoms with Crippen molar-refractivity contribution in [2.45, 2.75) is 25.4 Å². The summed E-state index contributed by atoms with van der Waals surface area (Å²) >= 11 is 1.30. The second-order valence-corrected chi connectivity index (χ2v) is 4.71. The van der Waals surface area contributed by atoms with Crippen LogP contribution < -0.4 is 5.73 Å². The Labute approximate surface area is 91.0 Å². The number of anilines is 1. The molecule has 0 aromatic carbocycles. The van der Waals surface area contributed by atoms with E-state index in [0.717, 1.165) is 10.4 Å². The molecule has 0 fully saturated rings. The van der Waals surface area contributed by atoms with Gasteiger partial charge in [0.15, 0.2) is 0 Å². The van der Waals surface area contributed by atoms with Crippen LogP contribution in [-0.2, 0) is 17.6 Å². The van der Waals surface area contributed by atoms with Crippen molar-refractivity contribution in [1.29, 1.82) is 0 Å². The summed E-state index contributed by atoms with van der Waals surface area (Å²) in [5.41, 5.74) is 7.07. The van der Waals surface area contributed by atoms with Crippen LogP contribution in [0.25, 0.3) is 0 Å². The number of methoxy groups -OCH3 is 1. The number of fused-ring (bicyclic) bond motifs is 1. The van der Waals surface area contributed by atoms with Gasteiger partial charge in [-0.15, -0.1) is 11.3 Å². The fourth-order valence-electron chi connectivity index (χ4n) is 1.89. The summed E-state index contributed by atoms with van der Waals surface area (Å²) < 4.78 is 17.8. The SMILES string of the molecule is COC(=O)c1c(N)sc2c1CCC(F)C2. The minimum atomic E-state index is -0.805. The summed E-state index contributed by atoms with van der Waals surface area (Å²) in [7, 11) is 1.33. The highest BCUT2D eigenvalue weighted by atomic mass is 32.1. The number of nitrogens with two attached hydrogens (primary N) is 1. The van der Waals surface area contributed by atoms with E-state index in [1.54, 1.807) is 0 Å². The zero-order valence-electron chi connectivity index (χ0n) is 8.38. The Kier molecular flexibility index (Phi) is 2.65. The van der Waals surface area contributed by atoms with E-state index in [2.05, 4.69) is 4.74 Å². The van der Waals surface area contributed by atoms with Gasteiger partial charge in [0.05, 0.1) is 12.7 Å². The molecule has 1 heterocycles. The topological polar surface area (TPSA) is 52.3 Å². The first-order valence-corrected chi connectivity index (χ1v) is 5.57. The van der Waals surface area contributed by atoms with Gasteiger partial charge in [-0.3, -0.25) is 0 Å². The Morgan fingerprint density at radius 3 is 3.07 bits per heavy atom. The Balaban J connectivity index is 2.44. The van der Waals surface area contributed by atoms with Crippen LogP contribution in [0.2, 0.25) is 0 Å². The highest BCUT2D eigenvalue weighted by Crippen LogP contribution is 2.37. The van der Waals surface area contributed by atoms with E-state index in [1.165, 1.54) is 18.4 Å². The van der Waals surface area contributed by atoms with E-state index in [1.807, 2.05) is 0 Å². The first kappa shape index (κ1) is 10.4. The van der Waals surface area contributed by atoms with Gasteiger partial charge < -0.3 is 10.5 Å². The molecule has 2 rings (SSSR count). The number of alkyl halides is 1. The molecule has 0 bridgehead atoms. The van der Waals surface area contributed by atoms with Crippen molar-refractivity contribution < 1.29 is 13.9 Å². The summed E-state index contributed by atoms with van der Waals surface area (Å²) in [4.78, 5) is 12.4. The van der Waals surface area contributed by atoms with Crippen LogP contribution in [0.5, 0.6) is 0 Å². The van der Waals surface area contributed by atoms with E-state index < -0.39 is 12.1 Å². The molecule has 1 aliphatic rings. The van der Waals surface area contributed by atoms with Crippen LogP contribution in [0.1, 0.15) is 27.2 Å². The molecule has 5 heteroatoms. The summed E-state index contributed by atoms with van der Waals surface area (Å²) in [6, 6.07) is 0. The van der Waals surface area contributed by atoms with Crippen LogP contribution >= 0.6 is 11.3 Å². The van der Waals surface area contributed by atoms with Crippen molar-refractivity contribution in [1.82, 2.24) is 0 Å². The van der Waals surface area contributed by atoms with E-state index in [4.69, 9.17) is 5.73 Å². The van der Waals surface area contributed by atoms with Crippen molar-refractivity contribution in [3.05, 3.63) is 16.0 Å². The molecule has 0 radical (unpaired) electrons. The molecule has 1 aromatic heterocycles. The minimum absolute atomic E-state index is 0.376. The van der Waals surface area contributed by atoms with E-state index in [-0.39, 0.29) is 0 Å². The molecule has 1 atom stereocenters. The quantitative estimate of drug-likeness (QED) is 0.749. The van der Waals surface area contributed by atoms with E-state index in [0.29, 0.717) is 29.8 Å². The van der Waals surface area contributed by atoms with Gasteiger partial charge in [0.1, 0.15) is 11.2 Å². The van der Waals surface area contributed by atoms with Gasteiger partial charge >= 0.3 is 5.97 Å². The zero-order chi connectivity index (χ0) is 11.0. The molecule has 0 saturated heterocycles. The monoisotopic (exact) mass is 229 g/mol. The minimum Gasteiger partial charge on any atom is -0.465 e. The normalized spacial score (nSPS) is 19.7. The summed E-state index contributed by atoms with van der Waals surface area (Å²) in [5, 5.41) is 0.445. The lowest BCUT2D eigenvalue weighted by Gasteiger charge is -2.15. The maximum absolute atomic E-state index is 13.1. The number of hydrogen-bond acceptors (Lipinski definition) is 4. The van der Waals surface area contributed by atoms with Crippen LogP contribution in [0.15, 0.2) is 0 Å². The molecule has 1 aromatic rings. The Hall–Kier alpha value is -1.10. The fraction of sp³-hybridized carbons (Fsp3) is 0.500. The number of carbonyl (C=O) groups excluding carboxylic acids is 1. The number of esters is 1. The third-order valence-electron chi connectivity index (χ3n) is 2.62. The maximum Gasteiger partial charge on any atom is 0.341 e. The van der Waals surface area contributed by atoms with Crippen molar-refractivity contribution in [2.75, 3.05) is 12.8 Å². The third kappa shape index (κ3) is 1.71. The van der Waals surface area contributed by atoms with Crippen molar-refractivity contribution in [2.24, 2.45) is 0 Å². The molecule has 1 unspecified atom stereocenters. The molecular formula is C10H12FNO2S. The molecular weight excluding hydrogens is 217 g/mol. The average molecular weight is 229 g/mol. The standard InChI is InChI=1S/C10H12FNO2S/c1-14-10(13)8-6-3-2-5(11)4-7(6)15-9(8)12/h5H,2-4,12H2,1H3. The lowest BCUT2D eigenvalue weighted by molar-refractivity contribution is 0.0600. The van der Waals surface area contributed by atoms with Gasteiger partial charge in [-0.05, 0) is 18.4 Å². The van der Waals surface area contributed by atoms with Crippen LogP contribution in [0.4, 0.5) is 9.39 Å². The largest absolute Gasteiger partial charge is 0.465 e. The number of halogens is 1. The number of ether oxygens (including phenoxy) is 1. The molecule has 82 valence electrons. The molecule has 0 saturated carbocycles. The number of carbonyl (C=O) groups is 1. The molecule has 1 aliphatic carbocycles. The van der Waals surface area contributed by atoms with E-state index >= 15 is 0 Å². The van der Waals surface area contributed by atoms with Gasteiger partial charge in [-0.25, -0.2) is 9.18 Å². The second kappa shape index (κ2) is 3.81. The Morgan fingerprint density at radius 1 is 1.67 bits per heavy atom. The highest BCUT2D eigenvalue weighted by Gasteiger charge is 2.28. The van der Waals surface area contributed by atoms with Gasteiger partial charge in [0.25, 0.3) is 0 Å². The molecule has 2 N–H and O–H groups in total. The number of thiophene rings is 1. The van der Waals surface area contributed by atoms with Crippen molar-refractivity contribution in [3.63, 3.8) is 0 Å². The number of rotatable bonds is 1. The Bertz CT molecular complexity index is 402. The van der Waals surface area contributed by atoms with Crippen LogP contribution in [0.3, 0.4) is 0 Å². The molecule has 0 spiro atoms.